The van der Waals surface area contributed by atoms with Crippen molar-refractivity contribution in [2.45, 2.75) is 6.92 Å². The Labute approximate surface area is 202 Å². The number of aromatic hydroxyl groups is 1. The molecule has 1 saturated heterocycles. The number of aryl methyl sites for hydroxylation is 1. The molecule has 1 aliphatic heterocycles. The molecule has 35 heavy (non-hydrogen) atoms. The number of carbonyl (C=O) groups excluding carboxylic acids is 2. The summed E-state index contributed by atoms with van der Waals surface area (Å²) in [7, 11) is 1.54. The topological polar surface area (TPSA) is 112 Å². The van der Waals surface area contributed by atoms with Crippen molar-refractivity contribution >= 4 is 22.8 Å². The first-order valence-electron chi connectivity index (χ1n) is 11.3. The molecule has 0 radical (unpaired) electrons. The lowest BCUT2D eigenvalue weighted by molar-refractivity contribution is 0.0534. The van der Waals surface area contributed by atoms with Gasteiger partial charge in [0.1, 0.15) is 11.5 Å². The van der Waals surface area contributed by atoms with Gasteiger partial charge >= 0.3 is 0 Å². The number of ether oxygens (including phenoxy) is 1. The number of aromatic nitrogens is 3. The molecule has 2 aromatic carbocycles. The SMILES string of the molecule is COc1ccccc1C(=O)N1CCN(C(=O)c2cc(-c3ccc(O)cc3)nc3[nH]nc(C)c23)CC1. The van der Waals surface area contributed by atoms with Gasteiger partial charge in [-0.05, 0) is 49.4 Å². The number of nitrogens with one attached hydrogen (secondary N) is 1. The van der Waals surface area contributed by atoms with Crippen LogP contribution in [0.3, 0.4) is 0 Å². The van der Waals surface area contributed by atoms with Crippen LogP contribution in [0.2, 0.25) is 0 Å². The summed E-state index contributed by atoms with van der Waals surface area (Å²) in [5.74, 6) is 0.448. The highest BCUT2D eigenvalue weighted by molar-refractivity contribution is 6.07. The summed E-state index contributed by atoms with van der Waals surface area (Å²) in [6.07, 6.45) is 0. The minimum Gasteiger partial charge on any atom is -0.508 e. The van der Waals surface area contributed by atoms with Crippen LogP contribution in [-0.2, 0) is 0 Å². The Hall–Kier alpha value is -4.40. The Balaban J connectivity index is 1.39. The van der Waals surface area contributed by atoms with E-state index in [1.165, 1.54) is 0 Å². The zero-order valence-corrected chi connectivity index (χ0v) is 19.5. The number of carbonyl (C=O) groups is 2. The number of pyridine rings is 1. The molecule has 5 rings (SSSR count). The van der Waals surface area contributed by atoms with Crippen molar-refractivity contribution in [2.24, 2.45) is 0 Å². The Morgan fingerprint density at radius 3 is 2.23 bits per heavy atom. The number of fused-ring (bicyclic) bond motifs is 1. The number of hydrogen-bond acceptors (Lipinski definition) is 6. The maximum atomic E-state index is 13.6. The predicted octanol–water partition coefficient (Wildman–Crippen LogP) is 3.25. The smallest absolute Gasteiger partial charge is 0.257 e. The second-order valence-electron chi connectivity index (χ2n) is 8.42. The fourth-order valence-electron chi connectivity index (χ4n) is 4.41. The molecule has 2 amide bonds. The summed E-state index contributed by atoms with van der Waals surface area (Å²) < 4.78 is 5.33. The van der Waals surface area contributed by atoms with Gasteiger partial charge in [0.05, 0.1) is 35.0 Å². The number of rotatable bonds is 4. The minimum absolute atomic E-state index is 0.110. The minimum atomic E-state index is -0.133. The second kappa shape index (κ2) is 9.09. The van der Waals surface area contributed by atoms with Crippen LogP contribution in [0.5, 0.6) is 11.5 Å². The molecule has 0 unspecified atom stereocenters. The largest absolute Gasteiger partial charge is 0.508 e. The molecule has 9 heteroatoms. The number of hydrogen-bond donors (Lipinski definition) is 2. The number of methoxy groups -OCH3 is 1. The fourth-order valence-corrected chi connectivity index (χ4v) is 4.41. The fraction of sp³-hybridized carbons (Fsp3) is 0.231. The van der Waals surface area contributed by atoms with Crippen molar-refractivity contribution in [1.29, 1.82) is 0 Å². The second-order valence-corrected chi connectivity index (χ2v) is 8.42. The number of amides is 2. The molecule has 1 fully saturated rings. The maximum absolute atomic E-state index is 13.6. The quantitative estimate of drug-likeness (QED) is 0.473. The number of para-hydroxylation sites is 1. The van der Waals surface area contributed by atoms with Gasteiger partial charge in [-0.2, -0.15) is 5.10 Å². The van der Waals surface area contributed by atoms with Gasteiger partial charge in [-0.25, -0.2) is 4.98 Å². The van der Waals surface area contributed by atoms with Gasteiger partial charge in [0, 0.05) is 31.7 Å². The van der Waals surface area contributed by atoms with Gasteiger partial charge < -0.3 is 19.6 Å². The van der Waals surface area contributed by atoms with Crippen LogP contribution in [0.25, 0.3) is 22.3 Å². The number of nitrogens with zero attached hydrogens (tertiary/aromatic N) is 4. The third-order valence-electron chi connectivity index (χ3n) is 6.30. The Morgan fingerprint density at radius 2 is 1.57 bits per heavy atom. The van der Waals surface area contributed by atoms with E-state index in [9.17, 15) is 14.7 Å². The summed E-state index contributed by atoms with van der Waals surface area (Å²) in [6, 6.07) is 15.6. The van der Waals surface area contributed by atoms with Crippen molar-refractivity contribution in [3.8, 4) is 22.8 Å². The summed E-state index contributed by atoms with van der Waals surface area (Å²) in [5, 5.41) is 17.5. The van der Waals surface area contributed by atoms with Gasteiger partial charge in [0.2, 0.25) is 0 Å². The van der Waals surface area contributed by atoms with E-state index in [1.807, 2.05) is 19.1 Å². The number of phenols is 1. The van der Waals surface area contributed by atoms with E-state index in [0.29, 0.717) is 65.5 Å². The van der Waals surface area contributed by atoms with Crippen molar-refractivity contribution in [2.75, 3.05) is 33.3 Å². The summed E-state index contributed by atoms with van der Waals surface area (Å²) in [6.45, 7) is 3.50. The number of phenolic OH excluding ortho intramolecular Hbond substituents is 1. The molecule has 1 aliphatic rings. The van der Waals surface area contributed by atoms with Crippen LogP contribution >= 0.6 is 0 Å². The Kier molecular flexibility index (Phi) is 5.82. The molecule has 3 heterocycles. The standard InChI is InChI=1S/C26H25N5O4/c1-16-23-20(15-21(27-24(23)29-28-16)17-7-9-18(32)10-8-17)26(34)31-13-11-30(12-14-31)25(33)19-5-3-4-6-22(19)35-2/h3-10,15,32H,11-14H2,1-2H3,(H,27,28,29). The van der Waals surface area contributed by atoms with Gasteiger partial charge in [-0.3, -0.25) is 14.7 Å². The van der Waals surface area contributed by atoms with Gasteiger partial charge in [-0.1, -0.05) is 12.1 Å². The summed E-state index contributed by atoms with van der Waals surface area (Å²) in [5.41, 5.74) is 3.62. The molecule has 0 spiro atoms. The normalized spacial score (nSPS) is 13.8. The average molecular weight is 472 g/mol. The van der Waals surface area contributed by atoms with E-state index in [-0.39, 0.29) is 17.6 Å². The molecule has 4 aromatic rings. The molecule has 0 aliphatic carbocycles. The predicted molar refractivity (Wildman–Crippen MR) is 131 cm³/mol. The number of H-pyrrole nitrogens is 1. The molecular weight excluding hydrogens is 446 g/mol. The molecule has 9 nitrogen and oxygen atoms in total. The van der Waals surface area contributed by atoms with Crippen LogP contribution < -0.4 is 4.74 Å². The molecule has 2 N–H and O–H groups in total. The third kappa shape index (κ3) is 4.16. The van der Waals surface area contributed by atoms with Crippen LogP contribution in [0.1, 0.15) is 26.4 Å². The van der Waals surface area contributed by atoms with E-state index in [4.69, 9.17) is 4.74 Å². The molecule has 2 aromatic heterocycles. The number of benzene rings is 2. The maximum Gasteiger partial charge on any atom is 0.257 e. The van der Waals surface area contributed by atoms with Crippen molar-refractivity contribution in [3.05, 3.63) is 71.4 Å². The zero-order chi connectivity index (χ0) is 24.5. The van der Waals surface area contributed by atoms with Crippen LogP contribution in [-0.4, -0.2) is 75.2 Å². The van der Waals surface area contributed by atoms with Gasteiger partial charge in [-0.15, -0.1) is 0 Å². The van der Waals surface area contributed by atoms with E-state index in [1.54, 1.807) is 59.4 Å². The highest BCUT2D eigenvalue weighted by Crippen LogP contribution is 2.28. The highest BCUT2D eigenvalue weighted by Gasteiger charge is 2.28. The average Bonchev–Trinajstić information content (AvgIpc) is 3.28. The number of piperazine rings is 1. The van der Waals surface area contributed by atoms with Crippen LogP contribution in [0.4, 0.5) is 0 Å². The molecule has 0 bridgehead atoms. The lowest BCUT2D eigenvalue weighted by atomic mass is 10.0. The molecule has 0 saturated carbocycles. The van der Waals surface area contributed by atoms with E-state index >= 15 is 0 Å². The Bertz CT molecular complexity index is 1410. The molecule has 0 atom stereocenters. The lowest BCUT2D eigenvalue weighted by Crippen LogP contribution is -2.50. The van der Waals surface area contributed by atoms with E-state index in [0.717, 1.165) is 5.56 Å². The van der Waals surface area contributed by atoms with Crippen molar-refractivity contribution in [3.63, 3.8) is 0 Å². The summed E-state index contributed by atoms with van der Waals surface area (Å²) in [4.78, 5) is 34.8. The lowest BCUT2D eigenvalue weighted by Gasteiger charge is -2.35. The first-order valence-corrected chi connectivity index (χ1v) is 11.3. The monoisotopic (exact) mass is 471 g/mol. The van der Waals surface area contributed by atoms with Gasteiger partial charge in [0.25, 0.3) is 11.8 Å². The van der Waals surface area contributed by atoms with E-state index in [2.05, 4.69) is 15.2 Å². The van der Waals surface area contributed by atoms with Crippen molar-refractivity contribution < 1.29 is 19.4 Å². The van der Waals surface area contributed by atoms with Crippen molar-refractivity contribution in [1.82, 2.24) is 25.0 Å². The summed E-state index contributed by atoms with van der Waals surface area (Å²) >= 11 is 0. The first kappa shape index (κ1) is 22.4. The van der Waals surface area contributed by atoms with Crippen LogP contribution in [0, 0.1) is 6.92 Å². The third-order valence-corrected chi connectivity index (χ3v) is 6.30. The van der Waals surface area contributed by atoms with Crippen LogP contribution in [0.15, 0.2) is 54.6 Å². The van der Waals surface area contributed by atoms with Gasteiger partial charge in [0.15, 0.2) is 5.65 Å². The first-order chi connectivity index (χ1) is 17.0. The molecule has 178 valence electrons. The van der Waals surface area contributed by atoms with E-state index < -0.39 is 0 Å². The zero-order valence-electron chi connectivity index (χ0n) is 19.5. The highest BCUT2D eigenvalue weighted by atomic mass is 16.5. The molecular formula is C26H25N5O4. The number of aromatic amines is 1. The Morgan fingerprint density at radius 1 is 0.943 bits per heavy atom.